The zero-order valence-corrected chi connectivity index (χ0v) is 16.7. The Labute approximate surface area is 172 Å². The van der Waals surface area contributed by atoms with Gasteiger partial charge in [0, 0.05) is 18.2 Å². The van der Waals surface area contributed by atoms with Crippen LogP contribution in [0.1, 0.15) is 35.6 Å². The van der Waals surface area contributed by atoms with Gasteiger partial charge in [-0.05, 0) is 36.4 Å². The van der Waals surface area contributed by atoms with Crippen molar-refractivity contribution in [2.24, 2.45) is 0 Å². The molecule has 1 aliphatic heterocycles. The molecule has 5 nitrogen and oxygen atoms in total. The maximum Gasteiger partial charge on any atom is 0.254 e. The molecule has 8 heteroatoms. The first-order valence-corrected chi connectivity index (χ1v) is 9.68. The minimum absolute atomic E-state index is 0.0986. The SMILES string of the molecule is CC.O=C(c1ccc(F)c(F)c1)N1CCn2nc(COc3cccc(F)c3)cc2C1. The molecule has 4 rings (SSSR count). The van der Waals surface area contributed by atoms with E-state index in [1.165, 1.54) is 18.2 Å². The van der Waals surface area contributed by atoms with E-state index in [2.05, 4.69) is 5.10 Å². The Morgan fingerprint density at radius 3 is 2.57 bits per heavy atom. The highest BCUT2D eigenvalue weighted by Gasteiger charge is 2.24. The summed E-state index contributed by atoms with van der Waals surface area (Å²) in [4.78, 5) is 14.1. The van der Waals surface area contributed by atoms with E-state index in [-0.39, 0.29) is 23.9 Å². The van der Waals surface area contributed by atoms with Crippen molar-refractivity contribution in [1.29, 1.82) is 0 Å². The zero-order valence-electron chi connectivity index (χ0n) is 16.7. The highest BCUT2D eigenvalue weighted by atomic mass is 19.2. The summed E-state index contributed by atoms with van der Waals surface area (Å²) in [6.07, 6.45) is 0. The molecule has 1 amide bonds. The number of hydrogen-bond donors (Lipinski definition) is 0. The van der Waals surface area contributed by atoms with E-state index >= 15 is 0 Å². The first-order chi connectivity index (χ1) is 14.5. The number of carbonyl (C=O) groups excluding carboxylic acids is 1. The molecule has 0 saturated carbocycles. The third kappa shape index (κ3) is 4.82. The zero-order chi connectivity index (χ0) is 21.7. The van der Waals surface area contributed by atoms with Gasteiger partial charge in [-0.25, -0.2) is 13.2 Å². The van der Waals surface area contributed by atoms with Gasteiger partial charge in [-0.15, -0.1) is 0 Å². The monoisotopic (exact) mass is 417 g/mol. The van der Waals surface area contributed by atoms with Gasteiger partial charge < -0.3 is 9.64 Å². The number of rotatable bonds is 4. The average Bonchev–Trinajstić information content (AvgIpc) is 3.17. The Morgan fingerprint density at radius 2 is 1.83 bits per heavy atom. The van der Waals surface area contributed by atoms with Crippen molar-refractivity contribution in [3.63, 3.8) is 0 Å². The van der Waals surface area contributed by atoms with Crippen molar-refractivity contribution < 1.29 is 22.7 Å². The molecule has 0 bridgehead atoms. The summed E-state index contributed by atoms with van der Waals surface area (Å²) in [6.45, 7) is 5.34. The molecule has 2 aromatic carbocycles. The van der Waals surface area contributed by atoms with Crippen molar-refractivity contribution in [3.05, 3.63) is 82.9 Å². The molecule has 3 aromatic rings. The molecule has 2 heterocycles. The molecule has 0 N–H and O–H groups in total. The molecule has 0 spiro atoms. The van der Waals surface area contributed by atoms with Gasteiger partial charge in [-0.3, -0.25) is 9.48 Å². The number of nitrogens with zero attached hydrogens (tertiary/aromatic N) is 3. The molecule has 30 heavy (non-hydrogen) atoms. The summed E-state index contributed by atoms with van der Waals surface area (Å²) >= 11 is 0. The van der Waals surface area contributed by atoms with Crippen LogP contribution in [0, 0.1) is 17.5 Å². The van der Waals surface area contributed by atoms with E-state index in [9.17, 15) is 18.0 Å². The number of carbonyl (C=O) groups is 1. The van der Waals surface area contributed by atoms with Crippen LogP contribution in [0.5, 0.6) is 5.75 Å². The van der Waals surface area contributed by atoms with Crippen LogP contribution in [0.25, 0.3) is 0 Å². The van der Waals surface area contributed by atoms with Crippen LogP contribution in [-0.2, 0) is 19.7 Å². The van der Waals surface area contributed by atoms with E-state index in [1.807, 2.05) is 19.9 Å². The summed E-state index contributed by atoms with van der Waals surface area (Å²) in [6, 6.07) is 10.8. The number of fused-ring (bicyclic) bond motifs is 1. The number of ether oxygens (including phenoxy) is 1. The minimum atomic E-state index is -1.05. The first kappa shape index (κ1) is 21.4. The molecule has 0 fully saturated rings. The maximum absolute atomic E-state index is 13.4. The van der Waals surface area contributed by atoms with E-state index in [0.717, 1.165) is 17.8 Å². The standard InChI is InChI=1S/C20H16F3N3O2.C2H6/c21-14-2-1-3-17(9-14)28-12-15-10-16-11-25(6-7-26(16)24-15)20(27)13-4-5-18(22)19(23)8-13;1-2/h1-5,8-10H,6-7,11-12H2;1-2H3. The molecule has 1 aromatic heterocycles. The lowest BCUT2D eigenvalue weighted by Gasteiger charge is -2.27. The topological polar surface area (TPSA) is 47.4 Å². The van der Waals surface area contributed by atoms with Gasteiger partial charge in [0.1, 0.15) is 23.9 Å². The predicted octanol–water partition coefficient (Wildman–Crippen LogP) is 4.56. The fourth-order valence-corrected chi connectivity index (χ4v) is 3.10. The van der Waals surface area contributed by atoms with Crippen LogP contribution in [0.3, 0.4) is 0 Å². The van der Waals surface area contributed by atoms with Crippen molar-refractivity contribution >= 4 is 5.91 Å². The van der Waals surface area contributed by atoms with E-state index < -0.39 is 11.6 Å². The average molecular weight is 417 g/mol. The van der Waals surface area contributed by atoms with Gasteiger partial charge in [0.05, 0.1) is 18.8 Å². The molecular weight excluding hydrogens is 395 g/mol. The van der Waals surface area contributed by atoms with Gasteiger partial charge in [0.15, 0.2) is 11.6 Å². The van der Waals surface area contributed by atoms with Gasteiger partial charge in [-0.1, -0.05) is 19.9 Å². The van der Waals surface area contributed by atoms with E-state index in [4.69, 9.17) is 4.74 Å². The number of hydrogen-bond acceptors (Lipinski definition) is 3. The quantitative estimate of drug-likeness (QED) is 0.625. The number of halogens is 3. The Balaban J connectivity index is 0.00000124. The van der Waals surface area contributed by atoms with Crippen LogP contribution < -0.4 is 4.74 Å². The maximum atomic E-state index is 13.4. The summed E-state index contributed by atoms with van der Waals surface area (Å²) in [7, 11) is 0. The van der Waals surface area contributed by atoms with Gasteiger partial charge in [0.2, 0.25) is 0 Å². The van der Waals surface area contributed by atoms with E-state index in [1.54, 1.807) is 21.7 Å². The lowest BCUT2D eigenvalue weighted by molar-refractivity contribution is 0.0705. The molecule has 0 saturated heterocycles. The summed E-state index contributed by atoms with van der Waals surface area (Å²) in [5.41, 5.74) is 1.56. The van der Waals surface area contributed by atoms with Crippen molar-refractivity contribution in [2.75, 3.05) is 6.54 Å². The summed E-state index contributed by atoms with van der Waals surface area (Å²) in [5.74, 6) is -2.39. The first-order valence-electron chi connectivity index (χ1n) is 9.68. The lowest BCUT2D eigenvalue weighted by Crippen LogP contribution is -2.38. The highest BCUT2D eigenvalue weighted by molar-refractivity contribution is 5.94. The van der Waals surface area contributed by atoms with Gasteiger partial charge in [0.25, 0.3) is 5.91 Å². The number of amides is 1. The smallest absolute Gasteiger partial charge is 0.254 e. The molecular formula is C22H22F3N3O2. The van der Waals surface area contributed by atoms with Crippen molar-refractivity contribution in [2.45, 2.75) is 33.5 Å². The Bertz CT molecular complexity index is 1040. The lowest BCUT2D eigenvalue weighted by atomic mass is 10.1. The Kier molecular flexibility index (Phi) is 6.76. The van der Waals surface area contributed by atoms with Crippen molar-refractivity contribution in [3.8, 4) is 5.75 Å². The second-order valence-electron chi connectivity index (χ2n) is 6.45. The Hall–Kier alpha value is -3.29. The second kappa shape index (κ2) is 9.47. The van der Waals surface area contributed by atoms with E-state index in [0.29, 0.717) is 31.1 Å². The van der Waals surface area contributed by atoms with Crippen LogP contribution >= 0.6 is 0 Å². The molecule has 0 unspecified atom stereocenters. The number of aromatic nitrogens is 2. The minimum Gasteiger partial charge on any atom is -0.487 e. The van der Waals surface area contributed by atoms with Gasteiger partial charge in [-0.2, -0.15) is 5.10 Å². The summed E-state index contributed by atoms with van der Waals surface area (Å²) < 4.78 is 47.0. The number of benzene rings is 2. The third-order valence-electron chi connectivity index (χ3n) is 4.49. The van der Waals surface area contributed by atoms with Crippen LogP contribution in [0.4, 0.5) is 13.2 Å². The van der Waals surface area contributed by atoms with Gasteiger partial charge >= 0.3 is 0 Å². The fourth-order valence-electron chi connectivity index (χ4n) is 3.10. The highest BCUT2D eigenvalue weighted by Crippen LogP contribution is 2.19. The Morgan fingerprint density at radius 1 is 1.03 bits per heavy atom. The molecule has 0 atom stereocenters. The summed E-state index contributed by atoms with van der Waals surface area (Å²) in [5, 5.41) is 4.43. The second-order valence-corrected chi connectivity index (χ2v) is 6.45. The molecule has 158 valence electrons. The molecule has 0 radical (unpaired) electrons. The predicted molar refractivity (Wildman–Crippen MR) is 105 cm³/mol. The largest absolute Gasteiger partial charge is 0.487 e. The molecule has 0 aliphatic carbocycles. The van der Waals surface area contributed by atoms with Crippen LogP contribution in [-0.4, -0.2) is 27.1 Å². The molecule has 1 aliphatic rings. The van der Waals surface area contributed by atoms with Crippen LogP contribution in [0.2, 0.25) is 0 Å². The third-order valence-corrected chi connectivity index (χ3v) is 4.49. The van der Waals surface area contributed by atoms with Crippen molar-refractivity contribution in [1.82, 2.24) is 14.7 Å². The van der Waals surface area contributed by atoms with Crippen LogP contribution in [0.15, 0.2) is 48.5 Å². The fraction of sp³-hybridized carbons (Fsp3) is 0.273. The normalized spacial score (nSPS) is 12.6.